The van der Waals surface area contributed by atoms with Crippen molar-refractivity contribution in [2.24, 2.45) is 0 Å². The fraction of sp³-hybridized carbons (Fsp3) is 0.690. The van der Waals surface area contributed by atoms with Gasteiger partial charge < -0.3 is 14.6 Å². The van der Waals surface area contributed by atoms with Crippen LogP contribution in [0.25, 0.3) is 0 Å². The summed E-state index contributed by atoms with van der Waals surface area (Å²) >= 11 is 0. The van der Waals surface area contributed by atoms with Gasteiger partial charge in [-0.2, -0.15) is 0 Å². The molecule has 0 aliphatic carbocycles. The normalized spacial score (nSPS) is 13.2. The Hall–Kier alpha value is -1.65. The molecule has 0 heterocycles. The van der Waals surface area contributed by atoms with E-state index in [1.807, 2.05) is 6.08 Å². The number of aliphatic hydroxyl groups is 1. The van der Waals surface area contributed by atoms with E-state index in [0.717, 1.165) is 32.1 Å². The minimum Gasteiger partial charge on any atom is -0.457 e. The molecule has 0 rings (SSSR count). The van der Waals surface area contributed by atoms with Crippen LogP contribution in [-0.4, -0.2) is 37.0 Å². The fourth-order valence-corrected chi connectivity index (χ4v) is 3.22. The molecule has 0 radical (unpaired) electrons. The average molecular weight is 463 g/mol. The molecule has 4 nitrogen and oxygen atoms in total. The highest BCUT2D eigenvalue weighted by Gasteiger charge is 2.13. The van der Waals surface area contributed by atoms with Gasteiger partial charge in [-0.05, 0) is 38.5 Å². The van der Waals surface area contributed by atoms with Crippen molar-refractivity contribution in [3.05, 3.63) is 48.6 Å². The summed E-state index contributed by atoms with van der Waals surface area (Å²) in [5.41, 5.74) is 0. The Kier molecular flexibility index (Phi) is 25.3. The number of hydrogen-bond donors (Lipinski definition) is 1. The van der Waals surface area contributed by atoms with E-state index < -0.39 is 6.10 Å². The Morgan fingerprint density at radius 2 is 1.30 bits per heavy atom. The summed E-state index contributed by atoms with van der Waals surface area (Å²) in [6.45, 7) is 5.10. The van der Waals surface area contributed by atoms with Crippen LogP contribution in [0, 0.1) is 0 Å². The molecule has 0 saturated carbocycles. The Balaban J connectivity index is 3.66. The largest absolute Gasteiger partial charge is 0.457 e. The van der Waals surface area contributed by atoms with Crippen molar-refractivity contribution in [2.45, 2.75) is 110 Å². The monoisotopic (exact) mass is 462 g/mol. The fourth-order valence-electron chi connectivity index (χ4n) is 3.22. The molecular formula is C29H50O4. The van der Waals surface area contributed by atoms with Crippen LogP contribution >= 0.6 is 0 Å². The van der Waals surface area contributed by atoms with Crippen molar-refractivity contribution < 1.29 is 19.4 Å². The highest BCUT2D eigenvalue weighted by molar-refractivity contribution is 5.69. The first kappa shape index (κ1) is 31.4. The van der Waals surface area contributed by atoms with E-state index in [9.17, 15) is 9.90 Å². The first-order chi connectivity index (χ1) is 16.2. The number of unbranched alkanes of at least 4 members (excludes halogenated alkanes) is 7. The van der Waals surface area contributed by atoms with E-state index in [2.05, 4.69) is 56.4 Å². The molecule has 0 fully saturated rings. The average Bonchev–Trinajstić information content (AvgIpc) is 2.82. The van der Waals surface area contributed by atoms with Crippen molar-refractivity contribution in [3.8, 4) is 0 Å². The molecule has 1 atom stereocenters. The number of ether oxygens (including phenoxy) is 2. The number of carbonyl (C=O) groups is 1. The standard InChI is InChI=1S/C29H50O4/c1-3-5-7-9-11-13-14-15-16-17-18-20-22-24-29(31)33-28(26-30)27-32-25-23-21-19-12-10-8-6-4-2/h5,7,11,13,15-16,18,20,28,30H,3-4,6,8-10,12,14,17,19,21-27H2,1-2H3/b7-5-,13-11-,16-15-,20-18-. The topological polar surface area (TPSA) is 55.8 Å². The van der Waals surface area contributed by atoms with E-state index in [-0.39, 0.29) is 19.2 Å². The molecule has 33 heavy (non-hydrogen) atoms. The van der Waals surface area contributed by atoms with Crippen molar-refractivity contribution in [1.82, 2.24) is 0 Å². The molecule has 0 spiro atoms. The zero-order valence-corrected chi connectivity index (χ0v) is 21.4. The zero-order valence-electron chi connectivity index (χ0n) is 21.4. The van der Waals surface area contributed by atoms with Gasteiger partial charge in [0, 0.05) is 13.0 Å². The van der Waals surface area contributed by atoms with Crippen molar-refractivity contribution in [1.29, 1.82) is 0 Å². The van der Waals surface area contributed by atoms with E-state index in [0.29, 0.717) is 19.4 Å². The number of allylic oxidation sites excluding steroid dienone is 8. The molecule has 0 aliphatic rings. The van der Waals surface area contributed by atoms with Gasteiger partial charge in [0.15, 0.2) is 0 Å². The van der Waals surface area contributed by atoms with Crippen LogP contribution in [0.3, 0.4) is 0 Å². The highest BCUT2D eigenvalue weighted by Crippen LogP contribution is 2.08. The number of aliphatic hydroxyl groups excluding tert-OH is 1. The van der Waals surface area contributed by atoms with Crippen LogP contribution in [0.4, 0.5) is 0 Å². The molecule has 4 heteroatoms. The van der Waals surface area contributed by atoms with E-state index in [4.69, 9.17) is 9.47 Å². The van der Waals surface area contributed by atoms with Crippen molar-refractivity contribution in [3.63, 3.8) is 0 Å². The molecule has 0 bridgehead atoms. The number of esters is 1. The lowest BCUT2D eigenvalue weighted by atomic mass is 10.1. The molecule has 0 aliphatic heterocycles. The van der Waals surface area contributed by atoms with E-state index in [1.165, 1.54) is 44.9 Å². The Bertz CT molecular complexity index is 534. The maximum atomic E-state index is 11.9. The van der Waals surface area contributed by atoms with Gasteiger partial charge in [-0.25, -0.2) is 0 Å². The van der Waals surface area contributed by atoms with Crippen LogP contribution in [0.5, 0.6) is 0 Å². The third-order valence-electron chi connectivity index (χ3n) is 5.18. The summed E-state index contributed by atoms with van der Waals surface area (Å²) in [6.07, 6.45) is 31.4. The number of carbonyl (C=O) groups excluding carboxylic acids is 1. The second-order valence-electron chi connectivity index (χ2n) is 8.38. The molecular weight excluding hydrogens is 412 g/mol. The molecule has 0 amide bonds. The van der Waals surface area contributed by atoms with Crippen molar-refractivity contribution in [2.75, 3.05) is 19.8 Å². The van der Waals surface area contributed by atoms with Crippen LogP contribution in [0.1, 0.15) is 104 Å². The van der Waals surface area contributed by atoms with Crippen LogP contribution in [0.2, 0.25) is 0 Å². The van der Waals surface area contributed by atoms with Gasteiger partial charge in [0.1, 0.15) is 6.10 Å². The maximum Gasteiger partial charge on any atom is 0.306 e. The zero-order chi connectivity index (χ0) is 24.2. The summed E-state index contributed by atoms with van der Waals surface area (Å²) in [7, 11) is 0. The third kappa shape index (κ3) is 24.8. The molecule has 0 saturated heterocycles. The highest BCUT2D eigenvalue weighted by atomic mass is 16.6. The molecule has 1 unspecified atom stereocenters. The van der Waals surface area contributed by atoms with Gasteiger partial charge >= 0.3 is 5.97 Å². The van der Waals surface area contributed by atoms with Crippen LogP contribution in [0.15, 0.2) is 48.6 Å². The Labute approximate surface area is 203 Å². The minimum absolute atomic E-state index is 0.201. The van der Waals surface area contributed by atoms with Gasteiger partial charge in [0.2, 0.25) is 0 Å². The Morgan fingerprint density at radius 1 is 0.758 bits per heavy atom. The van der Waals surface area contributed by atoms with Gasteiger partial charge in [-0.3, -0.25) is 4.79 Å². The summed E-state index contributed by atoms with van der Waals surface area (Å²) in [4.78, 5) is 11.9. The molecule has 190 valence electrons. The second-order valence-corrected chi connectivity index (χ2v) is 8.38. The van der Waals surface area contributed by atoms with Crippen molar-refractivity contribution >= 4 is 5.97 Å². The number of rotatable bonds is 23. The van der Waals surface area contributed by atoms with Gasteiger partial charge in [-0.15, -0.1) is 0 Å². The maximum absolute atomic E-state index is 11.9. The predicted molar refractivity (Wildman–Crippen MR) is 140 cm³/mol. The minimum atomic E-state index is -0.566. The molecule has 0 aromatic carbocycles. The van der Waals surface area contributed by atoms with Gasteiger partial charge in [0.25, 0.3) is 0 Å². The van der Waals surface area contributed by atoms with E-state index in [1.54, 1.807) is 0 Å². The second kappa shape index (κ2) is 26.6. The smallest absolute Gasteiger partial charge is 0.306 e. The number of hydrogen-bond acceptors (Lipinski definition) is 4. The van der Waals surface area contributed by atoms with E-state index >= 15 is 0 Å². The first-order valence-corrected chi connectivity index (χ1v) is 13.2. The predicted octanol–water partition coefficient (Wildman–Crippen LogP) is 7.63. The Morgan fingerprint density at radius 3 is 1.88 bits per heavy atom. The first-order valence-electron chi connectivity index (χ1n) is 13.2. The summed E-state index contributed by atoms with van der Waals surface area (Å²) in [5, 5.41) is 9.42. The summed E-state index contributed by atoms with van der Waals surface area (Å²) in [6, 6.07) is 0. The summed E-state index contributed by atoms with van der Waals surface area (Å²) in [5.74, 6) is -0.285. The summed E-state index contributed by atoms with van der Waals surface area (Å²) < 4.78 is 10.9. The molecule has 0 aromatic heterocycles. The molecule has 0 aromatic rings. The third-order valence-corrected chi connectivity index (χ3v) is 5.18. The van der Waals surface area contributed by atoms with Crippen LogP contribution < -0.4 is 0 Å². The lowest BCUT2D eigenvalue weighted by molar-refractivity contribution is -0.154. The van der Waals surface area contributed by atoms with Gasteiger partial charge in [0.05, 0.1) is 13.2 Å². The quantitative estimate of drug-likeness (QED) is 0.0963. The molecule has 1 N–H and O–H groups in total. The van der Waals surface area contributed by atoms with Crippen LogP contribution in [-0.2, 0) is 14.3 Å². The SMILES string of the molecule is CC/C=C\C/C=C\C/C=C\C/C=C\CCC(=O)OC(CO)COCCCCCCCCCC. The lowest BCUT2D eigenvalue weighted by Gasteiger charge is -2.15. The lowest BCUT2D eigenvalue weighted by Crippen LogP contribution is -2.27. The van der Waals surface area contributed by atoms with Gasteiger partial charge in [-0.1, -0.05) is 107 Å².